The van der Waals surface area contributed by atoms with E-state index in [2.05, 4.69) is 37.6 Å². The van der Waals surface area contributed by atoms with Gasteiger partial charge in [-0.15, -0.1) is 11.3 Å². The Labute approximate surface area is 148 Å². The Kier molecular flexibility index (Phi) is 3.99. The third-order valence-corrected chi connectivity index (χ3v) is 4.69. The van der Waals surface area contributed by atoms with Crippen LogP contribution in [0.5, 0.6) is 0 Å². The summed E-state index contributed by atoms with van der Waals surface area (Å²) in [5.74, 6) is -0.238. The van der Waals surface area contributed by atoms with Crippen LogP contribution in [0.4, 0.5) is 5.69 Å². The van der Waals surface area contributed by atoms with E-state index in [1.807, 2.05) is 31.2 Å². The van der Waals surface area contributed by atoms with Crippen LogP contribution < -0.4 is 5.32 Å². The molecule has 0 saturated heterocycles. The minimum atomic E-state index is -0.238. The molecule has 4 aromatic rings. The predicted molar refractivity (Wildman–Crippen MR) is 97.9 cm³/mol. The van der Waals surface area contributed by atoms with Crippen LogP contribution in [0, 0.1) is 6.92 Å². The first-order valence-corrected chi connectivity index (χ1v) is 8.67. The van der Waals surface area contributed by atoms with Crippen molar-refractivity contribution in [2.75, 3.05) is 5.32 Å². The van der Waals surface area contributed by atoms with E-state index in [-0.39, 0.29) is 5.91 Å². The number of H-pyrrole nitrogens is 1. The number of pyridine rings is 1. The summed E-state index contributed by atoms with van der Waals surface area (Å²) in [6.07, 6.45) is 2.32. The Balaban J connectivity index is 1.49. The predicted octanol–water partition coefficient (Wildman–Crippen LogP) is 3.57. The molecule has 0 radical (unpaired) electrons. The summed E-state index contributed by atoms with van der Waals surface area (Å²) in [6.45, 7) is 1.92. The van der Waals surface area contributed by atoms with Gasteiger partial charge < -0.3 is 5.32 Å². The second kappa shape index (κ2) is 6.45. The smallest absolute Gasteiger partial charge is 0.275 e. The standard InChI is InChI=1S/C18H15N5OS/c1-11-14-8-13(9-19-17(14)23-22-11)20-18(24)15-10-25-16(21-15)7-12-5-3-2-4-6-12/h2-6,8-10H,7H2,1H3,(H,20,24)(H,19,22,23). The Bertz CT molecular complexity index is 1040. The maximum Gasteiger partial charge on any atom is 0.275 e. The molecule has 0 unspecified atom stereocenters. The van der Waals surface area contributed by atoms with Gasteiger partial charge in [-0.1, -0.05) is 30.3 Å². The molecule has 0 saturated carbocycles. The number of hydrogen-bond donors (Lipinski definition) is 2. The Hall–Kier alpha value is -3.06. The molecule has 0 bridgehead atoms. The number of thiazole rings is 1. The highest BCUT2D eigenvalue weighted by Gasteiger charge is 2.13. The molecular formula is C18H15N5OS. The van der Waals surface area contributed by atoms with Crippen LogP contribution in [-0.2, 0) is 6.42 Å². The maximum atomic E-state index is 12.4. The van der Waals surface area contributed by atoms with Crippen LogP contribution in [0.2, 0.25) is 0 Å². The summed E-state index contributed by atoms with van der Waals surface area (Å²) in [6, 6.07) is 11.9. The fraction of sp³-hybridized carbons (Fsp3) is 0.111. The number of aromatic amines is 1. The lowest BCUT2D eigenvalue weighted by molar-refractivity contribution is 0.102. The Morgan fingerprint density at radius 1 is 1.28 bits per heavy atom. The van der Waals surface area contributed by atoms with Crippen molar-refractivity contribution in [2.24, 2.45) is 0 Å². The largest absolute Gasteiger partial charge is 0.319 e. The van der Waals surface area contributed by atoms with Gasteiger partial charge in [0, 0.05) is 22.9 Å². The summed E-state index contributed by atoms with van der Waals surface area (Å²) in [5.41, 5.74) is 3.76. The highest BCUT2D eigenvalue weighted by atomic mass is 32.1. The van der Waals surface area contributed by atoms with Crippen LogP contribution in [0.3, 0.4) is 0 Å². The van der Waals surface area contributed by atoms with E-state index in [9.17, 15) is 4.79 Å². The average molecular weight is 349 g/mol. The summed E-state index contributed by atoms with van der Waals surface area (Å²) in [4.78, 5) is 21.1. The van der Waals surface area contributed by atoms with Gasteiger partial charge in [-0.3, -0.25) is 9.89 Å². The molecule has 0 aliphatic rings. The zero-order chi connectivity index (χ0) is 17.2. The molecule has 2 N–H and O–H groups in total. The first-order valence-electron chi connectivity index (χ1n) is 7.79. The third-order valence-electron chi connectivity index (χ3n) is 3.84. The van der Waals surface area contributed by atoms with Crippen molar-refractivity contribution in [1.29, 1.82) is 0 Å². The van der Waals surface area contributed by atoms with Gasteiger partial charge in [-0.2, -0.15) is 5.10 Å². The Morgan fingerprint density at radius 2 is 2.12 bits per heavy atom. The maximum absolute atomic E-state index is 12.4. The second-order valence-corrected chi connectivity index (χ2v) is 6.63. The molecule has 6 nitrogen and oxygen atoms in total. The molecule has 0 spiro atoms. The molecule has 0 atom stereocenters. The molecule has 7 heteroatoms. The van der Waals surface area contributed by atoms with Crippen molar-refractivity contribution < 1.29 is 4.79 Å². The van der Waals surface area contributed by atoms with E-state index in [0.717, 1.165) is 22.5 Å². The topological polar surface area (TPSA) is 83.6 Å². The number of carbonyl (C=O) groups is 1. The quantitative estimate of drug-likeness (QED) is 0.590. The van der Waals surface area contributed by atoms with Gasteiger partial charge in [0.15, 0.2) is 5.65 Å². The van der Waals surface area contributed by atoms with E-state index in [0.29, 0.717) is 17.0 Å². The minimum absolute atomic E-state index is 0.238. The molecule has 1 aromatic carbocycles. The van der Waals surface area contributed by atoms with Crippen molar-refractivity contribution in [3.8, 4) is 0 Å². The summed E-state index contributed by atoms with van der Waals surface area (Å²) in [7, 11) is 0. The summed E-state index contributed by atoms with van der Waals surface area (Å²) < 4.78 is 0. The minimum Gasteiger partial charge on any atom is -0.319 e. The number of nitrogens with zero attached hydrogens (tertiary/aromatic N) is 3. The van der Waals surface area contributed by atoms with Crippen LogP contribution in [0.25, 0.3) is 11.0 Å². The zero-order valence-corrected chi connectivity index (χ0v) is 14.3. The van der Waals surface area contributed by atoms with E-state index >= 15 is 0 Å². The number of rotatable bonds is 4. The van der Waals surface area contributed by atoms with Gasteiger partial charge in [0.2, 0.25) is 0 Å². The monoisotopic (exact) mass is 349 g/mol. The van der Waals surface area contributed by atoms with Gasteiger partial charge in [0.1, 0.15) is 5.69 Å². The zero-order valence-electron chi connectivity index (χ0n) is 13.5. The van der Waals surface area contributed by atoms with E-state index < -0.39 is 0 Å². The number of amides is 1. The van der Waals surface area contributed by atoms with Gasteiger partial charge in [0.25, 0.3) is 5.91 Å². The lowest BCUT2D eigenvalue weighted by Crippen LogP contribution is -2.12. The third kappa shape index (κ3) is 3.27. The van der Waals surface area contributed by atoms with Crippen molar-refractivity contribution in [3.63, 3.8) is 0 Å². The SMILES string of the molecule is Cc1[nH]nc2ncc(NC(=O)c3csc(Cc4ccccc4)n3)cc12. The summed E-state index contributed by atoms with van der Waals surface area (Å²) in [5, 5.41) is 13.4. The highest BCUT2D eigenvalue weighted by Crippen LogP contribution is 2.19. The van der Waals surface area contributed by atoms with Crippen molar-refractivity contribution in [2.45, 2.75) is 13.3 Å². The molecule has 25 heavy (non-hydrogen) atoms. The van der Waals surface area contributed by atoms with Crippen LogP contribution in [0.1, 0.15) is 26.8 Å². The number of aromatic nitrogens is 4. The fourth-order valence-electron chi connectivity index (χ4n) is 2.55. The molecule has 3 aromatic heterocycles. The van der Waals surface area contributed by atoms with E-state index in [1.165, 1.54) is 16.9 Å². The number of nitrogens with one attached hydrogen (secondary N) is 2. The molecule has 0 aliphatic heterocycles. The number of anilines is 1. The molecule has 0 fully saturated rings. The normalized spacial score (nSPS) is 10.9. The molecule has 124 valence electrons. The van der Waals surface area contributed by atoms with Gasteiger partial charge in [0.05, 0.1) is 16.9 Å². The lowest BCUT2D eigenvalue weighted by atomic mass is 10.2. The van der Waals surface area contributed by atoms with Crippen molar-refractivity contribution in [1.82, 2.24) is 20.2 Å². The lowest BCUT2D eigenvalue weighted by Gasteiger charge is -2.02. The van der Waals surface area contributed by atoms with Gasteiger partial charge in [-0.05, 0) is 18.6 Å². The first-order chi connectivity index (χ1) is 12.2. The number of hydrogen-bond acceptors (Lipinski definition) is 5. The van der Waals surface area contributed by atoms with Gasteiger partial charge in [-0.25, -0.2) is 9.97 Å². The highest BCUT2D eigenvalue weighted by molar-refractivity contribution is 7.09. The molecule has 3 heterocycles. The molecule has 4 rings (SSSR count). The number of carbonyl (C=O) groups excluding carboxylic acids is 1. The number of benzene rings is 1. The van der Waals surface area contributed by atoms with Crippen molar-refractivity contribution in [3.05, 3.63) is 69.9 Å². The van der Waals surface area contributed by atoms with Crippen LogP contribution in [-0.4, -0.2) is 26.1 Å². The van der Waals surface area contributed by atoms with Crippen molar-refractivity contribution >= 4 is 34.0 Å². The number of fused-ring (bicyclic) bond motifs is 1. The second-order valence-electron chi connectivity index (χ2n) is 5.69. The van der Waals surface area contributed by atoms with Crippen LogP contribution in [0.15, 0.2) is 48.0 Å². The molecule has 1 amide bonds. The van der Waals surface area contributed by atoms with E-state index in [1.54, 1.807) is 11.6 Å². The average Bonchev–Trinajstić information content (AvgIpc) is 3.23. The van der Waals surface area contributed by atoms with Gasteiger partial charge >= 0.3 is 0 Å². The first kappa shape index (κ1) is 15.5. The fourth-order valence-corrected chi connectivity index (χ4v) is 3.36. The Morgan fingerprint density at radius 3 is 2.96 bits per heavy atom. The molecular weight excluding hydrogens is 334 g/mol. The number of aryl methyl sites for hydroxylation is 1. The van der Waals surface area contributed by atoms with E-state index in [4.69, 9.17) is 0 Å². The molecule has 0 aliphatic carbocycles. The van der Waals surface area contributed by atoms with Crippen LogP contribution >= 0.6 is 11.3 Å². The summed E-state index contributed by atoms with van der Waals surface area (Å²) >= 11 is 1.49.